The van der Waals surface area contributed by atoms with E-state index in [1.54, 1.807) is 35.4 Å². The summed E-state index contributed by atoms with van der Waals surface area (Å²) in [6, 6.07) is 36.1. The van der Waals surface area contributed by atoms with E-state index in [-0.39, 0.29) is 11.0 Å². The second-order valence-corrected chi connectivity index (χ2v) is 11.4. The molecule has 5 aromatic carbocycles. The Morgan fingerprint density at radius 3 is 2.43 bits per heavy atom. The molecule has 1 N–H and O–H groups in total. The van der Waals surface area contributed by atoms with Crippen LogP contribution in [0.5, 0.6) is 5.75 Å². The van der Waals surface area contributed by atoms with Gasteiger partial charge in [0.05, 0.1) is 21.2 Å². The smallest absolute Gasteiger partial charge is 0.152 e. The monoisotopic (exact) mass is 536 g/mol. The second-order valence-electron chi connectivity index (χ2n) is 8.57. The highest BCUT2D eigenvalue weighted by molar-refractivity contribution is 8.01. The van der Waals surface area contributed by atoms with Crippen LogP contribution in [0.1, 0.15) is 21.9 Å². The number of aliphatic imine (C=N–C) groups is 1. The Balaban J connectivity index is 1.31. The zero-order valence-electron chi connectivity index (χ0n) is 19.6. The number of halogens is 1. The highest BCUT2D eigenvalue weighted by atomic mass is 35.5. The van der Waals surface area contributed by atoms with Crippen molar-refractivity contribution in [2.75, 3.05) is 0 Å². The number of hydrogen-bond donors (Lipinski definition) is 1. The maximum Gasteiger partial charge on any atom is 0.152 e. The molecule has 1 heterocycles. The van der Waals surface area contributed by atoms with Gasteiger partial charge in [-0.05, 0) is 58.3 Å². The number of nitrogens with zero attached hydrogens (tertiary/aromatic N) is 2. The van der Waals surface area contributed by atoms with Gasteiger partial charge in [-0.3, -0.25) is 4.99 Å². The Morgan fingerprint density at radius 1 is 0.838 bits per heavy atom. The first-order valence-corrected chi connectivity index (χ1v) is 13.8. The number of aromatic nitrogens is 1. The van der Waals surface area contributed by atoms with E-state index in [0.717, 1.165) is 36.0 Å². The van der Waals surface area contributed by atoms with E-state index in [2.05, 4.69) is 47.5 Å². The van der Waals surface area contributed by atoms with Gasteiger partial charge in [0.1, 0.15) is 5.75 Å². The molecule has 0 aliphatic carbocycles. The number of phenolic OH excluding ortho intramolecular Hbond substituents is 1. The summed E-state index contributed by atoms with van der Waals surface area (Å²) in [5.74, 6) is 0.217. The van der Waals surface area contributed by atoms with Crippen LogP contribution in [0.4, 0.5) is 5.69 Å². The Kier molecular flexibility index (Phi) is 6.66. The lowest BCUT2D eigenvalue weighted by molar-refractivity contribution is 0.475. The number of fused-ring (bicyclic) bond motifs is 2. The van der Waals surface area contributed by atoms with E-state index < -0.39 is 0 Å². The normalized spacial score (nSPS) is 12.5. The Bertz CT molecular complexity index is 1730. The Hall–Kier alpha value is -3.64. The van der Waals surface area contributed by atoms with Gasteiger partial charge >= 0.3 is 0 Å². The molecular formula is C31H21ClN2OS2. The molecule has 6 aromatic rings. The van der Waals surface area contributed by atoms with E-state index in [4.69, 9.17) is 16.6 Å². The van der Waals surface area contributed by atoms with Crippen LogP contribution >= 0.6 is 34.7 Å². The standard InChI is InChI=1S/C31H21ClN2OS2/c32-23-13-10-22(11-14-23)30(21-7-2-1-3-8-21)37-31-34-27-16-15-24(18-29(27)36-31)33-19-26-25-9-5-4-6-20(25)12-17-28(26)35/h1-19,30,35H/t30-/m0/s1. The summed E-state index contributed by atoms with van der Waals surface area (Å²) in [7, 11) is 0. The van der Waals surface area contributed by atoms with Gasteiger partial charge in [0, 0.05) is 16.8 Å². The molecule has 1 aromatic heterocycles. The van der Waals surface area contributed by atoms with Crippen molar-refractivity contribution in [1.29, 1.82) is 0 Å². The summed E-state index contributed by atoms with van der Waals surface area (Å²) in [5, 5.41) is 13.3. The molecule has 3 nitrogen and oxygen atoms in total. The van der Waals surface area contributed by atoms with E-state index in [9.17, 15) is 5.11 Å². The highest BCUT2D eigenvalue weighted by Gasteiger charge is 2.18. The lowest BCUT2D eigenvalue weighted by Crippen LogP contribution is -1.96. The molecule has 0 unspecified atom stereocenters. The van der Waals surface area contributed by atoms with Crippen molar-refractivity contribution in [3.8, 4) is 5.75 Å². The predicted molar refractivity (Wildman–Crippen MR) is 158 cm³/mol. The van der Waals surface area contributed by atoms with Crippen molar-refractivity contribution >= 4 is 67.6 Å². The lowest BCUT2D eigenvalue weighted by atomic mass is 10.0. The zero-order chi connectivity index (χ0) is 25.2. The summed E-state index contributed by atoms with van der Waals surface area (Å²) in [6.07, 6.45) is 1.74. The topological polar surface area (TPSA) is 45.5 Å². The van der Waals surface area contributed by atoms with Crippen molar-refractivity contribution in [2.45, 2.75) is 9.59 Å². The minimum absolute atomic E-state index is 0.103. The fraction of sp³-hybridized carbons (Fsp3) is 0.0323. The van der Waals surface area contributed by atoms with Gasteiger partial charge in [0.15, 0.2) is 4.34 Å². The first-order valence-electron chi connectivity index (χ1n) is 11.8. The van der Waals surface area contributed by atoms with Gasteiger partial charge in [-0.25, -0.2) is 4.98 Å². The molecule has 0 aliphatic rings. The van der Waals surface area contributed by atoms with Crippen molar-refractivity contribution in [1.82, 2.24) is 4.98 Å². The lowest BCUT2D eigenvalue weighted by Gasteiger charge is -2.16. The molecule has 180 valence electrons. The fourth-order valence-corrected chi connectivity index (χ4v) is 6.82. The first kappa shape index (κ1) is 23.7. The summed E-state index contributed by atoms with van der Waals surface area (Å²) in [6.45, 7) is 0. The highest BCUT2D eigenvalue weighted by Crippen LogP contribution is 2.43. The van der Waals surface area contributed by atoms with E-state index >= 15 is 0 Å². The van der Waals surface area contributed by atoms with Crippen LogP contribution < -0.4 is 0 Å². The summed E-state index contributed by atoms with van der Waals surface area (Å²) in [5.41, 5.74) is 4.88. The molecule has 0 saturated heterocycles. The molecule has 0 fully saturated rings. The van der Waals surface area contributed by atoms with Crippen LogP contribution in [0.2, 0.25) is 5.02 Å². The summed E-state index contributed by atoms with van der Waals surface area (Å²) < 4.78 is 2.06. The van der Waals surface area contributed by atoms with Crippen LogP contribution in [0.25, 0.3) is 21.0 Å². The van der Waals surface area contributed by atoms with Crippen LogP contribution in [0, 0.1) is 0 Å². The molecular weight excluding hydrogens is 516 g/mol. The zero-order valence-corrected chi connectivity index (χ0v) is 22.0. The number of phenols is 1. The maximum absolute atomic E-state index is 10.4. The van der Waals surface area contributed by atoms with Gasteiger partial charge in [-0.1, -0.05) is 96.2 Å². The molecule has 1 atom stereocenters. The molecule has 6 rings (SSSR count). The van der Waals surface area contributed by atoms with Gasteiger partial charge in [-0.2, -0.15) is 0 Å². The first-order chi connectivity index (χ1) is 18.1. The van der Waals surface area contributed by atoms with Crippen LogP contribution in [-0.4, -0.2) is 16.3 Å². The van der Waals surface area contributed by atoms with Gasteiger partial charge < -0.3 is 5.11 Å². The molecule has 0 amide bonds. The SMILES string of the molecule is Oc1ccc2ccccc2c1C=Nc1ccc2nc(S[C@@H](c3ccccc3)c3ccc(Cl)cc3)sc2c1. The van der Waals surface area contributed by atoms with Crippen LogP contribution in [-0.2, 0) is 0 Å². The average molecular weight is 537 g/mol. The Morgan fingerprint density at radius 2 is 1.59 bits per heavy atom. The average Bonchev–Trinajstić information content (AvgIpc) is 3.34. The number of rotatable bonds is 6. The number of thiazole rings is 1. The van der Waals surface area contributed by atoms with Gasteiger partial charge in [0.2, 0.25) is 0 Å². The summed E-state index contributed by atoms with van der Waals surface area (Å²) >= 11 is 9.55. The van der Waals surface area contributed by atoms with Crippen molar-refractivity contribution in [2.24, 2.45) is 4.99 Å². The molecule has 6 heteroatoms. The van der Waals surface area contributed by atoms with E-state index in [1.165, 1.54) is 11.1 Å². The molecule has 0 saturated carbocycles. The fourth-order valence-electron chi connectivity index (χ4n) is 4.28. The molecule has 0 radical (unpaired) electrons. The molecule has 0 spiro atoms. The minimum Gasteiger partial charge on any atom is -0.507 e. The molecule has 0 bridgehead atoms. The third kappa shape index (κ3) is 5.12. The largest absolute Gasteiger partial charge is 0.507 e. The van der Waals surface area contributed by atoms with E-state index in [0.29, 0.717) is 5.56 Å². The second kappa shape index (κ2) is 10.4. The maximum atomic E-state index is 10.4. The third-order valence-corrected chi connectivity index (χ3v) is 8.81. The number of hydrogen-bond acceptors (Lipinski definition) is 5. The number of benzene rings is 5. The van der Waals surface area contributed by atoms with E-state index in [1.807, 2.05) is 60.7 Å². The van der Waals surface area contributed by atoms with Crippen molar-refractivity contribution in [3.05, 3.63) is 131 Å². The van der Waals surface area contributed by atoms with Crippen LogP contribution in [0.15, 0.2) is 119 Å². The number of thioether (sulfide) groups is 1. The molecule has 37 heavy (non-hydrogen) atoms. The third-order valence-electron chi connectivity index (χ3n) is 6.14. The van der Waals surface area contributed by atoms with Gasteiger partial charge in [-0.15, -0.1) is 11.3 Å². The van der Waals surface area contributed by atoms with Crippen LogP contribution in [0.3, 0.4) is 0 Å². The quantitative estimate of drug-likeness (QED) is 0.170. The van der Waals surface area contributed by atoms with Crippen molar-refractivity contribution in [3.63, 3.8) is 0 Å². The number of aromatic hydroxyl groups is 1. The van der Waals surface area contributed by atoms with Crippen molar-refractivity contribution < 1.29 is 5.11 Å². The molecule has 0 aliphatic heterocycles. The summed E-state index contributed by atoms with van der Waals surface area (Å²) in [4.78, 5) is 9.58. The van der Waals surface area contributed by atoms with Gasteiger partial charge in [0.25, 0.3) is 0 Å². The Labute approximate surface area is 228 Å². The predicted octanol–water partition coefficient (Wildman–Crippen LogP) is 9.44. The minimum atomic E-state index is 0.103.